The lowest BCUT2D eigenvalue weighted by atomic mass is 9.86. The summed E-state index contributed by atoms with van der Waals surface area (Å²) in [4.78, 5) is 31.0. The van der Waals surface area contributed by atoms with E-state index in [1.54, 1.807) is 18.2 Å². The average Bonchev–Trinajstić information content (AvgIpc) is 3.64. The van der Waals surface area contributed by atoms with Gasteiger partial charge in [0.05, 0.1) is 30.0 Å². The number of aromatic nitrogens is 3. The van der Waals surface area contributed by atoms with Crippen molar-refractivity contribution in [2.45, 2.75) is 52.0 Å². The molecule has 0 bridgehead atoms. The molecule has 238 valence electrons. The number of ether oxygens (including phenoxy) is 2. The van der Waals surface area contributed by atoms with Crippen LogP contribution in [-0.2, 0) is 24.1 Å². The quantitative estimate of drug-likeness (QED) is 0.200. The number of carbonyl (C=O) groups is 2. The lowest BCUT2D eigenvalue weighted by Gasteiger charge is -2.31. The third-order valence-corrected chi connectivity index (χ3v) is 8.65. The SMILES string of the molecule is CCOC(=O)c1cnn(-c2cccc(-c3sc(C)cc3COc3ccc(C4CCN(C(=O)O)CC4)c(CO)c3)n2)c1C(F)(F)F. The molecular weight excluding hydrogens is 613 g/mol. The van der Waals surface area contributed by atoms with Crippen molar-refractivity contribution in [1.82, 2.24) is 19.7 Å². The number of aliphatic hydroxyl groups is 1. The highest BCUT2D eigenvalue weighted by Crippen LogP contribution is 2.37. The Hall–Kier alpha value is -4.43. The third-order valence-electron chi connectivity index (χ3n) is 7.53. The maximum Gasteiger partial charge on any atom is 0.434 e. The second kappa shape index (κ2) is 13.3. The summed E-state index contributed by atoms with van der Waals surface area (Å²) in [6, 6.07) is 12.0. The standard InChI is InChI=1S/C31H31F3N4O6S/c1-3-43-29(40)24-15-35-38(28(24)31(32,33)34)26-6-4-5-25(36-26)27-21(13-18(2)45-27)17-44-22-7-8-23(20(14-22)16-39)19-9-11-37(12-10-19)30(41)42/h4-8,13-15,19,39H,3,9-12,16-17H2,1-2H3,(H,41,42). The number of rotatable bonds is 9. The monoisotopic (exact) mass is 644 g/mol. The lowest BCUT2D eigenvalue weighted by molar-refractivity contribution is -0.143. The first-order chi connectivity index (χ1) is 21.5. The molecule has 45 heavy (non-hydrogen) atoms. The lowest BCUT2D eigenvalue weighted by Crippen LogP contribution is -2.36. The number of aliphatic hydroxyl groups excluding tert-OH is 1. The molecule has 0 atom stereocenters. The van der Waals surface area contributed by atoms with Gasteiger partial charge in [-0.15, -0.1) is 11.3 Å². The number of likely N-dealkylation sites (tertiary alicyclic amines) is 1. The van der Waals surface area contributed by atoms with Crippen LogP contribution in [0.15, 0.2) is 48.7 Å². The predicted molar refractivity (Wildman–Crippen MR) is 159 cm³/mol. The van der Waals surface area contributed by atoms with Gasteiger partial charge in [-0.3, -0.25) is 0 Å². The molecule has 4 heterocycles. The van der Waals surface area contributed by atoms with Crippen LogP contribution in [0.25, 0.3) is 16.4 Å². The molecule has 14 heteroatoms. The zero-order valence-electron chi connectivity index (χ0n) is 24.5. The summed E-state index contributed by atoms with van der Waals surface area (Å²) in [5.41, 5.74) is 0.875. The van der Waals surface area contributed by atoms with Gasteiger partial charge < -0.3 is 24.6 Å². The number of piperidine rings is 1. The maximum absolute atomic E-state index is 14.1. The fraction of sp³-hybridized carbons (Fsp3) is 0.355. The van der Waals surface area contributed by atoms with Crippen LogP contribution in [0.5, 0.6) is 5.75 Å². The Balaban J connectivity index is 1.37. The van der Waals surface area contributed by atoms with E-state index in [1.807, 2.05) is 25.1 Å². The first-order valence-corrected chi connectivity index (χ1v) is 15.1. The second-order valence-electron chi connectivity index (χ2n) is 10.5. The van der Waals surface area contributed by atoms with E-state index in [-0.39, 0.29) is 31.6 Å². The van der Waals surface area contributed by atoms with Gasteiger partial charge in [-0.25, -0.2) is 19.3 Å². The molecule has 1 aromatic carbocycles. The first kappa shape index (κ1) is 32.0. The minimum absolute atomic E-state index is 0.0863. The van der Waals surface area contributed by atoms with Crippen LogP contribution < -0.4 is 4.74 Å². The van der Waals surface area contributed by atoms with E-state index in [0.29, 0.717) is 52.5 Å². The Morgan fingerprint density at radius 1 is 1.11 bits per heavy atom. The van der Waals surface area contributed by atoms with Crippen molar-refractivity contribution in [1.29, 1.82) is 0 Å². The Morgan fingerprint density at radius 3 is 2.53 bits per heavy atom. The Bertz CT molecular complexity index is 1690. The number of alkyl halides is 3. The first-order valence-electron chi connectivity index (χ1n) is 14.2. The van der Waals surface area contributed by atoms with E-state index in [2.05, 4.69) is 10.1 Å². The number of amides is 1. The maximum atomic E-state index is 14.1. The van der Waals surface area contributed by atoms with Crippen molar-refractivity contribution in [3.05, 3.63) is 81.5 Å². The molecule has 3 aromatic heterocycles. The Morgan fingerprint density at radius 2 is 1.87 bits per heavy atom. The topological polar surface area (TPSA) is 127 Å². The summed E-state index contributed by atoms with van der Waals surface area (Å²) < 4.78 is 53.7. The Labute approximate surface area is 260 Å². The second-order valence-corrected chi connectivity index (χ2v) is 11.7. The van der Waals surface area contributed by atoms with Crippen molar-refractivity contribution in [2.24, 2.45) is 0 Å². The minimum Gasteiger partial charge on any atom is -0.489 e. The summed E-state index contributed by atoms with van der Waals surface area (Å²) >= 11 is 1.41. The van der Waals surface area contributed by atoms with E-state index < -0.39 is 29.5 Å². The van der Waals surface area contributed by atoms with Crippen LogP contribution in [0.2, 0.25) is 0 Å². The number of aryl methyl sites for hydroxylation is 1. The van der Waals surface area contributed by atoms with Gasteiger partial charge >= 0.3 is 18.2 Å². The Kier molecular flexibility index (Phi) is 9.44. The number of esters is 1. The van der Waals surface area contributed by atoms with Gasteiger partial charge in [0.2, 0.25) is 0 Å². The van der Waals surface area contributed by atoms with Gasteiger partial charge in [0.1, 0.15) is 17.9 Å². The molecule has 1 saturated heterocycles. The largest absolute Gasteiger partial charge is 0.489 e. The number of hydrogen-bond donors (Lipinski definition) is 2. The van der Waals surface area contributed by atoms with Crippen LogP contribution in [0.3, 0.4) is 0 Å². The number of hydrogen-bond acceptors (Lipinski definition) is 8. The summed E-state index contributed by atoms with van der Waals surface area (Å²) in [6.07, 6.45) is -3.67. The summed E-state index contributed by atoms with van der Waals surface area (Å²) in [5, 5.41) is 23.1. The number of thiophene rings is 1. The molecular formula is C31H31F3N4O6S. The van der Waals surface area contributed by atoms with E-state index in [9.17, 15) is 33.0 Å². The van der Waals surface area contributed by atoms with Gasteiger partial charge in [0.25, 0.3) is 0 Å². The van der Waals surface area contributed by atoms with E-state index in [0.717, 1.165) is 22.2 Å². The number of pyridine rings is 1. The molecule has 0 spiro atoms. The van der Waals surface area contributed by atoms with Crippen LogP contribution in [-0.4, -0.2) is 61.6 Å². The van der Waals surface area contributed by atoms with Crippen molar-refractivity contribution in [2.75, 3.05) is 19.7 Å². The molecule has 5 rings (SSSR count). The molecule has 0 unspecified atom stereocenters. The smallest absolute Gasteiger partial charge is 0.434 e. The van der Waals surface area contributed by atoms with E-state index in [1.165, 1.54) is 29.2 Å². The van der Waals surface area contributed by atoms with Gasteiger partial charge in [-0.2, -0.15) is 18.3 Å². The summed E-state index contributed by atoms with van der Waals surface area (Å²) in [7, 11) is 0. The normalized spacial score (nSPS) is 14.0. The zero-order chi connectivity index (χ0) is 32.3. The number of nitrogens with zero attached hydrogens (tertiary/aromatic N) is 4. The third kappa shape index (κ3) is 6.96. The zero-order valence-corrected chi connectivity index (χ0v) is 25.3. The van der Waals surface area contributed by atoms with Crippen molar-refractivity contribution in [3.8, 4) is 22.1 Å². The highest BCUT2D eigenvalue weighted by Gasteiger charge is 2.41. The fourth-order valence-corrected chi connectivity index (χ4v) is 6.45. The molecule has 10 nitrogen and oxygen atoms in total. The van der Waals surface area contributed by atoms with Crippen molar-refractivity contribution in [3.63, 3.8) is 0 Å². The number of carbonyl (C=O) groups excluding carboxylic acids is 1. The molecule has 1 fully saturated rings. The molecule has 0 radical (unpaired) electrons. The molecule has 1 aliphatic rings. The molecule has 4 aromatic rings. The van der Waals surface area contributed by atoms with Gasteiger partial charge in [-0.05, 0) is 74.1 Å². The van der Waals surface area contributed by atoms with E-state index >= 15 is 0 Å². The fourth-order valence-electron chi connectivity index (χ4n) is 5.46. The predicted octanol–water partition coefficient (Wildman–Crippen LogP) is 6.43. The summed E-state index contributed by atoms with van der Waals surface area (Å²) in [5.74, 6) is -0.588. The van der Waals surface area contributed by atoms with Crippen molar-refractivity contribution >= 4 is 23.4 Å². The highest BCUT2D eigenvalue weighted by molar-refractivity contribution is 7.15. The van der Waals surface area contributed by atoms with Gasteiger partial charge in [0.15, 0.2) is 11.5 Å². The van der Waals surface area contributed by atoms with Crippen molar-refractivity contribution < 1.29 is 42.4 Å². The molecule has 0 aliphatic carbocycles. The number of carboxylic acid groups (broad SMARTS) is 1. The summed E-state index contributed by atoms with van der Waals surface area (Å²) in [6.45, 7) is 4.12. The van der Waals surface area contributed by atoms with Crippen LogP contribution >= 0.6 is 11.3 Å². The minimum atomic E-state index is -4.90. The van der Waals surface area contributed by atoms with Gasteiger partial charge in [0, 0.05) is 23.5 Å². The number of benzene rings is 1. The van der Waals surface area contributed by atoms with Crippen LogP contribution in [0.1, 0.15) is 63.3 Å². The van der Waals surface area contributed by atoms with Gasteiger partial charge in [-0.1, -0.05) is 12.1 Å². The average molecular weight is 645 g/mol. The van der Waals surface area contributed by atoms with E-state index in [4.69, 9.17) is 9.47 Å². The molecule has 0 saturated carbocycles. The highest BCUT2D eigenvalue weighted by atomic mass is 32.1. The molecule has 2 N–H and O–H groups in total. The molecule has 1 aliphatic heterocycles. The van der Waals surface area contributed by atoms with Crippen LogP contribution in [0.4, 0.5) is 18.0 Å². The van der Waals surface area contributed by atoms with Crippen LogP contribution in [0, 0.1) is 6.92 Å². The number of halogens is 3. The molecule has 1 amide bonds.